The van der Waals surface area contributed by atoms with Crippen LogP contribution in [0.2, 0.25) is 0 Å². The highest BCUT2D eigenvalue weighted by atomic mass is 32.1. The number of hydrogen-bond acceptors (Lipinski definition) is 5. The van der Waals surface area contributed by atoms with Gasteiger partial charge in [0.25, 0.3) is 5.91 Å². The van der Waals surface area contributed by atoms with Gasteiger partial charge in [-0.2, -0.15) is 0 Å². The summed E-state index contributed by atoms with van der Waals surface area (Å²) in [5.74, 6) is 0.0618. The summed E-state index contributed by atoms with van der Waals surface area (Å²) in [4.78, 5) is 21.9. The number of pyridine rings is 1. The van der Waals surface area contributed by atoms with Gasteiger partial charge in [-0.25, -0.2) is 9.97 Å². The second-order valence-corrected chi connectivity index (χ2v) is 6.65. The number of carbonyl (C=O) groups excluding carboxylic acids is 1. The first-order chi connectivity index (χ1) is 12.2. The van der Waals surface area contributed by atoms with Gasteiger partial charge in [-0.15, -0.1) is 11.3 Å². The molecule has 6 heteroatoms. The van der Waals surface area contributed by atoms with Crippen molar-refractivity contribution in [2.75, 3.05) is 11.9 Å². The first-order valence-electron chi connectivity index (χ1n) is 8.05. The number of aryl methyl sites for hydroxylation is 1. The number of carbonyl (C=O) groups is 1. The van der Waals surface area contributed by atoms with E-state index in [4.69, 9.17) is 4.74 Å². The molecule has 1 N–H and O–H groups in total. The molecule has 2 aromatic heterocycles. The Morgan fingerprint density at radius 2 is 2.00 bits per heavy atom. The van der Waals surface area contributed by atoms with Crippen molar-refractivity contribution in [2.45, 2.75) is 20.3 Å². The lowest BCUT2D eigenvalue weighted by molar-refractivity contribution is 0.102. The minimum Gasteiger partial charge on any atom is -0.477 e. The summed E-state index contributed by atoms with van der Waals surface area (Å²) in [7, 11) is 0. The van der Waals surface area contributed by atoms with Crippen LogP contribution in [0.1, 0.15) is 33.3 Å². The number of rotatable bonds is 6. The SMILES string of the molecule is CCOc1ncccc1C(=O)Nc1ncc(Cc2ccc(C)cc2)s1. The fourth-order valence-electron chi connectivity index (χ4n) is 2.33. The Hall–Kier alpha value is -2.73. The van der Waals surface area contributed by atoms with Gasteiger partial charge < -0.3 is 4.74 Å². The lowest BCUT2D eigenvalue weighted by Gasteiger charge is -2.07. The molecule has 0 aliphatic heterocycles. The monoisotopic (exact) mass is 353 g/mol. The molecule has 0 radical (unpaired) electrons. The minimum atomic E-state index is -0.271. The molecule has 1 aromatic carbocycles. The van der Waals surface area contributed by atoms with E-state index in [1.807, 2.05) is 6.92 Å². The molecular weight excluding hydrogens is 334 g/mol. The van der Waals surface area contributed by atoms with Gasteiger partial charge in [0.2, 0.25) is 5.88 Å². The molecule has 5 nitrogen and oxygen atoms in total. The van der Waals surface area contributed by atoms with Crippen molar-refractivity contribution in [1.82, 2.24) is 9.97 Å². The summed E-state index contributed by atoms with van der Waals surface area (Å²) in [5, 5.41) is 3.39. The largest absolute Gasteiger partial charge is 0.477 e. The smallest absolute Gasteiger partial charge is 0.262 e. The third kappa shape index (κ3) is 4.42. The van der Waals surface area contributed by atoms with E-state index in [-0.39, 0.29) is 5.91 Å². The van der Waals surface area contributed by atoms with E-state index in [9.17, 15) is 4.79 Å². The van der Waals surface area contributed by atoms with E-state index in [1.54, 1.807) is 24.5 Å². The zero-order valence-electron chi connectivity index (χ0n) is 14.2. The van der Waals surface area contributed by atoms with Crippen LogP contribution in [0.4, 0.5) is 5.13 Å². The van der Waals surface area contributed by atoms with Gasteiger partial charge in [0.15, 0.2) is 5.13 Å². The van der Waals surface area contributed by atoms with Gasteiger partial charge in [0.1, 0.15) is 5.56 Å². The van der Waals surface area contributed by atoms with E-state index >= 15 is 0 Å². The average Bonchev–Trinajstić information content (AvgIpc) is 3.04. The first-order valence-corrected chi connectivity index (χ1v) is 8.86. The number of hydrogen-bond donors (Lipinski definition) is 1. The van der Waals surface area contributed by atoms with Crippen LogP contribution in [-0.4, -0.2) is 22.5 Å². The zero-order valence-corrected chi connectivity index (χ0v) is 15.0. The van der Waals surface area contributed by atoms with E-state index in [0.29, 0.717) is 23.2 Å². The Morgan fingerprint density at radius 3 is 2.76 bits per heavy atom. The second kappa shape index (κ2) is 7.90. The number of amides is 1. The van der Waals surface area contributed by atoms with Crippen LogP contribution in [0.3, 0.4) is 0 Å². The highest BCUT2D eigenvalue weighted by Crippen LogP contribution is 2.23. The third-order valence-corrected chi connectivity index (χ3v) is 4.48. The van der Waals surface area contributed by atoms with Crippen LogP contribution < -0.4 is 10.1 Å². The average molecular weight is 353 g/mol. The summed E-state index contributed by atoms with van der Waals surface area (Å²) in [6, 6.07) is 11.8. The van der Waals surface area contributed by atoms with Crippen molar-refractivity contribution in [1.29, 1.82) is 0 Å². The number of anilines is 1. The molecule has 25 heavy (non-hydrogen) atoms. The maximum Gasteiger partial charge on any atom is 0.262 e. The van der Waals surface area contributed by atoms with Gasteiger partial charge in [-0.1, -0.05) is 29.8 Å². The van der Waals surface area contributed by atoms with E-state index in [2.05, 4.69) is 46.5 Å². The topological polar surface area (TPSA) is 64.1 Å². The molecule has 0 bridgehead atoms. The Bertz CT molecular complexity index is 859. The number of nitrogens with zero attached hydrogens (tertiary/aromatic N) is 2. The molecule has 0 atom stereocenters. The molecule has 1 amide bonds. The van der Waals surface area contributed by atoms with Gasteiger partial charge in [0.05, 0.1) is 6.61 Å². The summed E-state index contributed by atoms with van der Waals surface area (Å²) >= 11 is 1.47. The van der Waals surface area contributed by atoms with Gasteiger partial charge >= 0.3 is 0 Å². The Labute approximate surface area is 150 Å². The molecule has 0 fully saturated rings. The molecular formula is C19H19N3O2S. The minimum absolute atomic E-state index is 0.271. The molecule has 128 valence electrons. The van der Waals surface area contributed by atoms with Crippen molar-refractivity contribution in [3.63, 3.8) is 0 Å². The molecule has 0 saturated carbocycles. The van der Waals surface area contributed by atoms with Crippen LogP contribution in [0.5, 0.6) is 5.88 Å². The van der Waals surface area contributed by atoms with E-state index in [0.717, 1.165) is 11.3 Å². The zero-order chi connectivity index (χ0) is 17.6. The fourth-order valence-corrected chi connectivity index (χ4v) is 3.18. The molecule has 0 aliphatic rings. The van der Waals surface area contributed by atoms with Crippen molar-refractivity contribution in [3.05, 3.63) is 70.4 Å². The van der Waals surface area contributed by atoms with Crippen molar-refractivity contribution in [3.8, 4) is 5.88 Å². The Morgan fingerprint density at radius 1 is 1.20 bits per heavy atom. The molecule has 0 aliphatic carbocycles. The lowest BCUT2D eigenvalue weighted by atomic mass is 10.1. The maximum atomic E-state index is 12.5. The molecule has 0 spiro atoms. The van der Waals surface area contributed by atoms with E-state index in [1.165, 1.54) is 22.5 Å². The highest BCUT2D eigenvalue weighted by molar-refractivity contribution is 7.15. The fraction of sp³-hybridized carbons (Fsp3) is 0.211. The standard InChI is InChI=1S/C19H19N3O2S/c1-3-24-18-16(5-4-10-20-18)17(23)22-19-21-12-15(25-19)11-14-8-6-13(2)7-9-14/h4-10,12H,3,11H2,1-2H3,(H,21,22,23). The quantitative estimate of drug-likeness (QED) is 0.725. The molecule has 3 aromatic rings. The molecule has 2 heterocycles. The maximum absolute atomic E-state index is 12.5. The summed E-state index contributed by atoms with van der Waals surface area (Å²) in [5.41, 5.74) is 2.86. The normalized spacial score (nSPS) is 10.5. The van der Waals surface area contributed by atoms with Crippen LogP contribution in [-0.2, 0) is 6.42 Å². The summed E-state index contributed by atoms with van der Waals surface area (Å²) < 4.78 is 5.40. The Kier molecular flexibility index (Phi) is 5.40. The first kappa shape index (κ1) is 17.1. The van der Waals surface area contributed by atoms with Crippen molar-refractivity contribution >= 4 is 22.4 Å². The number of nitrogens with one attached hydrogen (secondary N) is 1. The van der Waals surface area contributed by atoms with Gasteiger partial charge in [-0.3, -0.25) is 10.1 Å². The van der Waals surface area contributed by atoms with Crippen LogP contribution in [0, 0.1) is 6.92 Å². The number of aromatic nitrogens is 2. The van der Waals surface area contributed by atoms with Crippen LogP contribution in [0.25, 0.3) is 0 Å². The second-order valence-electron chi connectivity index (χ2n) is 5.54. The van der Waals surface area contributed by atoms with E-state index < -0.39 is 0 Å². The molecule has 0 saturated heterocycles. The number of benzene rings is 1. The van der Waals surface area contributed by atoms with Crippen LogP contribution in [0.15, 0.2) is 48.8 Å². The summed E-state index contributed by atoms with van der Waals surface area (Å²) in [6.07, 6.45) is 4.20. The van der Waals surface area contributed by atoms with Crippen molar-refractivity contribution in [2.24, 2.45) is 0 Å². The van der Waals surface area contributed by atoms with Gasteiger partial charge in [0, 0.05) is 23.7 Å². The number of ether oxygens (including phenoxy) is 1. The summed E-state index contributed by atoms with van der Waals surface area (Å²) in [6.45, 7) is 4.38. The van der Waals surface area contributed by atoms with Crippen molar-refractivity contribution < 1.29 is 9.53 Å². The molecule has 3 rings (SSSR count). The predicted octanol–water partition coefficient (Wildman–Crippen LogP) is 4.09. The van der Waals surface area contributed by atoms with Gasteiger partial charge in [-0.05, 0) is 31.5 Å². The predicted molar refractivity (Wildman–Crippen MR) is 99.5 cm³/mol. The number of thiazole rings is 1. The highest BCUT2D eigenvalue weighted by Gasteiger charge is 2.15. The molecule has 0 unspecified atom stereocenters. The Balaban J connectivity index is 1.69. The lowest BCUT2D eigenvalue weighted by Crippen LogP contribution is -2.14. The third-order valence-electron chi connectivity index (χ3n) is 3.57. The van der Waals surface area contributed by atoms with Crippen LogP contribution >= 0.6 is 11.3 Å².